The van der Waals surface area contributed by atoms with Crippen LogP contribution in [0.5, 0.6) is 0 Å². The first-order valence-electron chi connectivity index (χ1n) is 8.61. The maximum Gasteiger partial charge on any atom is 0.315 e. The van der Waals surface area contributed by atoms with Gasteiger partial charge in [0.15, 0.2) is 0 Å². The van der Waals surface area contributed by atoms with Crippen molar-refractivity contribution in [2.45, 2.75) is 32.9 Å². The highest BCUT2D eigenvalue weighted by atomic mass is 16.2. The van der Waals surface area contributed by atoms with E-state index in [0.29, 0.717) is 0 Å². The summed E-state index contributed by atoms with van der Waals surface area (Å²) in [5.74, 6) is 1.03. The van der Waals surface area contributed by atoms with Crippen molar-refractivity contribution in [1.29, 1.82) is 0 Å². The van der Waals surface area contributed by atoms with Crippen LogP contribution < -0.4 is 10.6 Å². The van der Waals surface area contributed by atoms with Gasteiger partial charge in [-0.25, -0.2) is 9.78 Å². The van der Waals surface area contributed by atoms with Crippen molar-refractivity contribution in [2.75, 3.05) is 0 Å². The van der Waals surface area contributed by atoms with Gasteiger partial charge in [-0.2, -0.15) is 0 Å². The summed E-state index contributed by atoms with van der Waals surface area (Å²) >= 11 is 0. The Balaban J connectivity index is 1.68. The van der Waals surface area contributed by atoms with Gasteiger partial charge in [-0.1, -0.05) is 56.3 Å². The van der Waals surface area contributed by atoms with Gasteiger partial charge >= 0.3 is 6.03 Å². The van der Waals surface area contributed by atoms with E-state index in [-0.39, 0.29) is 24.0 Å². The minimum atomic E-state index is -0.212. The number of aromatic nitrogens is 2. The molecule has 2 aromatic carbocycles. The fourth-order valence-electron chi connectivity index (χ4n) is 2.92. The largest absolute Gasteiger partial charge is 0.340 e. The summed E-state index contributed by atoms with van der Waals surface area (Å²) in [4.78, 5) is 20.3. The second-order valence-corrected chi connectivity index (χ2v) is 6.61. The van der Waals surface area contributed by atoms with E-state index in [4.69, 9.17) is 0 Å². The van der Waals surface area contributed by atoms with Gasteiger partial charge < -0.3 is 15.6 Å². The number of carbonyl (C=O) groups is 1. The second kappa shape index (κ2) is 7.38. The maximum atomic E-state index is 12.5. The average Bonchev–Trinajstić information content (AvgIpc) is 3.04. The van der Waals surface area contributed by atoms with Gasteiger partial charge in [-0.3, -0.25) is 0 Å². The molecule has 3 rings (SSSR count). The van der Waals surface area contributed by atoms with Crippen LogP contribution in [0.2, 0.25) is 0 Å². The summed E-state index contributed by atoms with van der Waals surface area (Å²) in [6.45, 7) is 6.12. The number of carbonyl (C=O) groups excluding carboxylic acids is 1. The summed E-state index contributed by atoms with van der Waals surface area (Å²) < 4.78 is 0. The number of hydrogen-bond acceptors (Lipinski definition) is 2. The molecule has 0 aliphatic heterocycles. The Labute approximate surface area is 147 Å². The first-order chi connectivity index (χ1) is 12.0. The van der Waals surface area contributed by atoms with Gasteiger partial charge in [-0.05, 0) is 30.5 Å². The highest BCUT2D eigenvalue weighted by Crippen LogP contribution is 2.21. The van der Waals surface area contributed by atoms with Crippen molar-refractivity contribution in [3.63, 3.8) is 0 Å². The van der Waals surface area contributed by atoms with Gasteiger partial charge in [0, 0.05) is 0 Å². The molecule has 0 aliphatic carbocycles. The number of aromatic amines is 1. The molecule has 5 nitrogen and oxygen atoms in total. The molecule has 5 heteroatoms. The van der Waals surface area contributed by atoms with Crippen LogP contribution in [0.25, 0.3) is 11.0 Å². The Kier molecular flexibility index (Phi) is 5.03. The molecular weight excluding hydrogens is 312 g/mol. The lowest BCUT2D eigenvalue weighted by Crippen LogP contribution is -2.41. The number of benzene rings is 2. The molecule has 2 atom stereocenters. The number of amides is 2. The van der Waals surface area contributed by atoms with Crippen molar-refractivity contribution in [2.24, 2.45) is 5.92 Å². The summed E-state index contributed by atoms with van der Waals surface area (Å²) in [7, 11) is 0. The van der Waals surface area contributed by atoms with Crippen LogP contribution in [0.15, 0.2) is 54.6 Å². The van der Waals surface area contributed by atoms with E-state index in [2.05, 4.69) is 34.4 Å². The standard InChI is InChI=1S/C20H24N4O/c1-13(2)18(15-9-5-4-6-10-15)24-20(25)21-14(3)19-22-16-11-7-8-12-17(16)23-19/h4-14,18H,1-3H3,(H,22,23)(H2,21,24,25). The monoisotopic (exact) mass is 336 g/mol. The Morgan fingerprint density at radius 3 is 2.32 bits per heavy atom. The number of nitrogens with zero attached hydrogens (tertiary/aromatic N) is 1. The number of nitrogens with one attached hydrogen (secondary N) is 3. The zero-order valence-corrected chi connectivity index (χ0v) is 14.8. The molecule has 0 spiro atoms. The first kappa shape index (κ1) is 17.0. The van der Waals surface area contributed by atoms with Gasteiger partial charge in [0.25, 0.3) is 0 Å². The average molecular weight is 336 g/mol. The van der Waals surface area contributed by atoms with Crippen molar-refractivity contribution in [3.05, 3.63) is 66.0 Å². The summed E-state index contributed by atoms with van der Waals surface area (Å²) in [5, 5.41) is 6.04. The molecule has 0 bridgehead atoms. The minimum absolute atomic E-state index is 0.0379. The number of hydrogen-bond donors (Lipinski definition) is 3. The molecule has 25 heavy (non-hydrogen) atoms. The molecule has 2 amide bonds. The van der Waals surface area contributed by atoms with Crippen LogP contribution in [0, 0.1) is 5.92 Å². The van der Waals surface area contributed by atoms with E-state index in [1.54, 1.807) is 0 Å². The van der Waals surface area contributed by atoms with E-state index in [1.165, 1.54) is 0 Å². The third-order valence-electron chi connectivity index (χ3n) is 4.28. The molecule has 0 fully saturated rings. The molecule has 0 radical (unpaired) electrons. The SMILES string of the molecule is CC(NC(=O)NC(c1ccccc1)C(C)C)c1nc2ccccc2[nH]1. The fraction of sp³-hybridized carbons (Fsp3) is 0.300. The zero-order valence-electron chi connectivity index (χ0n) is 14.8. The molecule has 0 aliphatic rings. The molecule has 0 saturated carbocycles. The smallest absolute Gasteiger partial charge is 0.315 e. The summed E-state index contributed by atoms with van der Waals surface area (Å²) in [6.07, 6.45) is 0. The van der Waals surface area contributed by atoms with Crippen molar-refractivity contribution in [3.8, 4) is 0 Å². The third-order valence-corrected chi connectivity index (χ3v) is 4.28. The number of fused-ring (bicyclic) bond motifs is 1. The van der Waals surface area contributed by atoms with Crippen LogP contribution in [0.3, 0.4) is 0 Å². The number of H-pyrrole nitrogens is 1. The second-order valence-electron chi connectivity index (χ2n) is 6.61. The summed E-state index contributed by atoms with van der Waals surface area (Å²) in [6, 6.07) is 17.4. The number of para-hydroxylation sites is 2. The highest BCUT2D eigenvalue weighted by Gasteiger charge is 2.20. The van der Waals surface area contributed by atoms with Gasteiger partial charge in [0.05, 0.1) is 23.1 Å². The predicted octanol–water partition coefficient (Wildman–Crippen LogP) is 4.32. The van der Waals surface area contributed by atoms with Crippen molar-refractivity contribution in [1.82, 2.24) is 20.6 Å². The van der Waals surface area contributed by atoms with Crippen LogP contribution in [-0.4, -0.2) is 16.0 Å². The molecule has 1 heterocycles. The predicted molar refractivity (Wildman–Crippen MR) is 100 cm³/mol. The van der Waals surface area contributed by atoms with Gasteiger partial charge in [-0.15, -0.1) is 0 Å². The normalized spacial score (nSPS) is 13.6. The first-order valence-corrected chi connectivity index (χ1v) is 8.61. The van der Waals surface area contributed by atoms with E-state index in [9.17, 15) is 4.79 Å². The topological polar surface area (TPSA) is 69.8 Å². The molecule has 2 unspecified atom stereocenters. The van der Waals surface area contributed by atoms with E-state index >= 15 is 0 Å². The lowest BCUT2D eigenvalue weighted by Gasteiger charge is -2.24. The Morgan fingerprint density at radius 1 is 0.960 bits per heavy atom. The lowest BCUT2D eigenvalue weighted by atomic mass is 9.96. The quantitative estimate of drug-likeness (QED) is 0.649. The molecule has 130 valence electrons. The molecular formula is C20H24N4O. The molecule has 0 saturated heterocycles. The third kappa shape index (κ3) is 3.99. The number of imidazole rings is 1. The van der Waals surface area contributed by atoms with E-state index < -0.39 is 0 Å². The van der Waals surface area contributed by atoms with E-state index in [0.717, 1.165) is 22.4 Å². The van der Waals surface area contributed by atoms with Crippen LogP contribution in [-0.2, 0) is 0 Å². The molecule has 3 N–H and O–H groups in total. The van der Waals surface area contributed by atoms with Crippen molar-refractivity contribution >= 4 is 17.1 Å². The van der Waals surface area contributed by atoms with Gasteiger partial charge in [0.1, 0.15) is 5.82 Å². The highest BCUT2D eigenvalue weighted by molar-refractivity contribution is 5.76. The number of rotatable bonds is 5. The van der Waals surface area contributed by atoms with E-state index in [1.807, 2.05) is 61.5 Å². The lowest BCUT2D eigenvalue weighted by molar-refractivity contribution is 0.229. The van der Waals surface area contributed by atoms with Crippen LogP contribution >= 0.6 is 0 Å². The Morgan fingerprint density at radius 2 is 1.64 bits per heavy atom. The van der Waals surface area contributed by atoms with Crippen LogP contribution in [0.4, 0.5) is 4.79 Å². The minimum Gasteiger partial charge on any atom is -0.340 e. The maximum absolute atomic E-state index is 12.5. The Bertz CT molecular complexity index is 808. The summed E-state index contributed by atoms with van der Waals surface area (Å²) in [5.41, 5.74) is 2.97. The Hall–Kier alpha value is -2.82. The van der Waals surface area contributed by atoms with Gasteiger partial charge in [0.2, 0.25) is 0 Å². The molecule has 1 aromatic heterocycles. The molecule has 3 aromatic rings. The zero-order chi connectivity index (χ0) is 17.8. The van der Waals surface area contributed by atoms with Crippen LogP contribution in [0.1, 0.15) is 44.2 Å². The van der Waals surface area contributed by atoms with Crippen molar-refractivity contribution < 1.29 is 4.79 Å². The number of urea groups is 1. The fourth-order valence-corrected chi connectivity index (χ4v) is 2.92.